The standard InChI is InChI=1S/C31H26N2O3/c1-20-24-11-5-6-12-25(24)28(26-13-7-8-18-32-26)29-27(20)30(34)33(31(29)35)22-14-16-23(17-15-22)36-19-21-9-3-2-4-10-21/h2-18,20,27-29H,19H2,1H3. The van der Waals surface area contributed by atoms with E-state index < -0.39 is 11.8 Å². The normalized spacial score (nSPS) is 22.8. The Kier molecular flexibility index (Phi) is 5.61. The van der Waals surface area contributed by atoms with Crippen LogP contribution in [0.25, 0.3) is 0 Å². The number of benzene rings is 3. The lowest BCUT2D eigenvalue weighted by Gasteiger charge is -2.36. The molecule has 2 aliphatic rings. The molecule has 0 bridgehead atoms. The molecule has 0 saturated carbocycles. The van der Waals surface area contributed by atoms with Gasteiger partial charge in [-0.15, -0.1) is 0 Å². The van der Waals surface area contributed by atoms with Gasteiger partial charge in [-0.3, -0.25) is 19.5 Å². The number of hydrogen-bond acceptors (Lipinski definition) is 4. The number of amides is 2. The van der Waals surface area contributed by atoms with Gasteiger partial charge in [0, 0.05) is 17.8 Å². The molecule has 6 rings (SSSR count). The second kappa shape index (κ2) is 9.08. The molecule has 1 aliphatic heterocycles. The zero-order chi connectivity index (χ0) is 24.6. The lowest BCUT2D eigenvalue weighted by Crippen LogP contribution is -2.35. The highest BCUT2D eigenvalue weighted by molar-refractivity contribution is 6.23. The molecular formula is C31H26N2O3. The number of pyridine rings is 1. The van der Waals surface area contributed by atoms with E-state index in [2.05, 4.69) is 24.0 Å². The Balaban J connectivity index is 1.32. The van der Waals surface area contributed by atoms with Gasteiger partial charge in [0.1, 0.15) is 12.4 Å². The molecule has 0 spiro atoms. The number of fused-ring (bicyclic) bond motifs is 2. The molecule has 5 nitrogen and oxygen atoms in total. The summed E-state index contributed by atoms with van der Waals surface area (Å²) >= 11 is 0. The Bertz CT molecular complexity index is 1400. The summed E-state index contributed by atoms with van der Waals surface area (Å²) in [7, 11) is 0. The van der Waals surface area contributed by atoms with Crippen LogP contribution in [0.3, 0.4) is 0 Å². The maximum absolute atomic E-state index is 13.9. The molecule has 0 N–H and O–H groups in total. The van der Waals surface area contributed by atoms with E-state index in [0.717, 1.165) is 22.4 Å². The number of anilines is 1. The van der Waals surface area contributed by atoms with Gasteiger partial charge in [-0.25, -0.2) is 0 Å². The number of ether oxygens (including phenoxy) is 1. The van der Waals surface area contributed by atoms with Gasteiger partial charge in [0.15, 0.2) is 0 Å². The van der Waals surface area contributed by atoms with Crippen molar-refractivity contribution in [1.29, 1.82) is 0 Å². The number of aromatic nitrogens is 1. The van der Waals surface area contributed by atoms with E-state index >= 15 is 0 Å². The number of carbonyl (C=O) groups is 2. The summed E-state index contributed by atoms with van der Waals surface area (Å²) in [5, 5.41) is 0. The van der Waals surface area contributed by atoms with Crippen LogP contribution in [0.5, 0.6) is 5.75 Å². The van der Waals surface area contributed by atoms with Gasteiger partial charge < -0.3 is 4.74 Å². The van der Waals surface area contributed by atoms with Crippen molar-refractivity contribution < 1.29 is 14.3 Å². The molecule has 1 aromatic heterocycles. The summed E-state index contributed by atoms with van der Waals surface area (Å²) in [5.74, 6) is -0.892. The predicted molar refractivity (Wildman–Crippen MR) is 138 cm³/mol. The zero-order valence-electron chi connectivity index (χ0n) is 20.0. The largest absolute Gasteiger partial charge is 0.489 e. The predicted octanol–water partition coefficient (Wildman–Crippen LogP) is 5.72. The number of nitrogens with zero attached hydrogens (tertiary/aromatic N) is 2. The van der Waals surface area contributed by atoms with E-state index in [1.807, 2.05) is 72.8 Å². The monoisotopic (exact) mass is 474 g/mol. The number of imide groups is 1. The van der Waals surface area contributed by atoms with E-state index in [1.54, 1.807) is 18.3 Å². The van der Waals surface area contributed by atoms with Gasteiger partial charge in [-0.2, -0.15) is 0 Å². The van der Waals surface area contributed by atoms with Crippen molar-refractivity contribution in [2.45, 2.75) is 25.4 Å². The van der Waals surface area contributed by atoms with Gasteiger partial charge in [0.05, 0.1) is 17.5 Å². The number of hydrogen-bond donors (Lipinski definition) is 0. The van der Waals surface area contributed by atoms with Crippen LogP contribution in [-0.2, 0) is 16.2 Å². The molecular weight excluding hydrogens is 448 g/mol. The minimum absolute atomic E-state index is 0.0684. The number of rotatable bonds is 5. The molecule has 1 fully saturated rings. The highest BCUT2D eigenvalue weighted by atomic mass is 16.5. The third-order valence-electron chi connectivity index (χ3n) is 7.47. The van der Waals surface area contributed by atoms with E-state index in [1.165, 1.54) is 4.90 Å². The molecule has 2 amide bonds. The Morgan fingerprint density at radius 3 is 2.14 bits per heavy atom. The summed E-state index contributed by atoms with van der Waals surface area (Å²) in [6.07, 6.45) is 1.75. The van der Waals surface area contributed by atoms with Crippen LogP contribution in [0.1, 0.15) is 41.1 Å². The van der Waals surface area contributed by atoms with E-state index in [0.29, 0.717) is 18.0 Å². The second-order valence-electron chi connectivity index (χ2n) is 9.48. The average molecular weight is 475 g/mol. The van der Waals surface area contributed by atoms with E-state index in [9.17, 15) is 9.59 Å². The Labute approximate surface area is 210 Å². The molecule has 3 aromatic carbocycles. The fourth-order valence-electron chi connectivity index (χ4n) is 5.77. The quantitative estimate of drug-likeness (QED) is 0.348. The third-order valence-corrected chi connectivity index (χ3v) is 7.47. The van der Waals surface area contributed by atoms with E-state index in [-0.39, 0.29) is 23.7 Å². The van der Waals surface area contributed by atoms with Crippen LogP contribution >= 0.6 is 0 Å². The highest BCUT2D eigenvalue weighted by Crippen LogP contribution is 2.53. The topological polar surface area (TPSA) is 59.5 Å². The van der Waals surface area contributed by atoms with Crippen molar-refractivity contribution in [3.05, 3.63) is 126 Å². The van der Waals surface area contributed by atoms with Gasteiger partial charge in [0.25, 0.3) is 0 Å². The molecule has 4 atom stereocenters. The lowest BCUT2D eigenvalue weighted by atomic mass is 9.64. The van der Waals surface area contributed by atoms with Crippen molar-refractivity contribution in [2.24, 2.45) is 11.8 Å². The van der Waals surface area contributed by atoms with Crippen LogP contribution in [0.15, 0.2) is 103 Å². The fraction of sp³-hybridized carbons (Fsp3) is 0.194. The maximum Gasteiger partial charge on any atom is 0.238 e. The van der Waals surface area contributed by atoms with Crippen molar-refractivity contribution in [2.75, 3.05) is 4.90 Å². The van der Waals surface area contributed by atoms with Crippen molar-refractivity contribution >= 4 is 17.5 Å². The maximum atomic E-state index is 13.9. The van der Waals surface area contributed by atoms with Gasteiger partial charge in [-0.1, -0.05) is 67.6 Å². The average Bonchev–Trinajstić information content (AvgIpc) is 3.19. The molecule has 0 radical (unpaired) electrons. The van der Waals surface area contributed by atoms with Gasteiger partial charge in [-0.05, 0) is 59.0 Å². The van der Waals surface area contributed by atoms with Crippen molar-refractivity contribution in [1.82, 2.24) is 4.98 Å². The first kappa shape index (κ1) is 22.2. The Morgan fingerprint density at radius 1 is 0.750 bits per heavy atom. The fourth-order valence-corrected chi connectivity index (χ4v) is 5.77. The lowest BCUT2D eigenvalue weighted by molar-refractivity contribution is -0.122. The first-order valence-electron chi connectivity index (χ1n) is 12.3. The zero-order valence-corrected chi connectivity index (χ0v) is 20.0. The van der Waals surface area contributed by atoms with Gasteiger partial charge >= 0.3 is 0 Å². The van der Waals surface area contributed by atoms with Crippen molar-refractivity contribution in [3.63, 3.8) is 0 Å². The molecule has 2 heterocycles. The smallest absolute Gasteiger partial charge is 0.238 e. The third kappa shape index (κ3) is 3.68. The second-order valence-corrected chi connectivity index (χ2v) is 9.48. The summed E-state index contributed by atoms with van der Waals surface area (Å²) in [5.41, 5.74) is 4.66. The molecule has 178 valence electrons. The van der Waals surface area contributed by atoms with E-state index in [4.69, 9.17) is 4.74 Å². The van der Waals surface area contributed by atoms with Crippen molar-refractivity contribution in [3.8, 4) is 5.75 Å². The first-order valence-corrected chi connectivity index (χ1v) is 12.3. The molecule has 1 saturated heterocycles. The highest BCUT2D eigenvalue weighted by Gasteiger charge is 2.57. The summed E-state index contributed by atoms with van der Waals surface area (Å²) in [6.45, 7) is 2.51. The van der Waals surface area contributed by atoms with Crippen LogP contribution in [-0.4, -0.2) is 16.8 Å². The number of carbonyl (C=O) groups excluding carboxylic acids is 2. The van der Waals surface area contributed by atoms with Crippen LogP contribution < -0.4 is 9.64 Å². The minimum Gasteiger partial charge on any atom is -0.489 e. The van der Waals surface area contributed by atoms with Crippen LogP contribution in [0, 0.1) is 11.8 Å². The van der Waals surface area contributed by atoms with Crippen LogP contribution in [0.2, 0.25) is 0 Å². The summed E-state index contributed by atoms with van der Waals surface area (Å²) in [6, 6.07) is 31.0. The molecule has 5 heteroatoms. The Morgan fingerprint density at radius 2 is 1.42 bits per heavy atom. The SMILES string of the molecule is CC1c2ccccc2C(c2ccccn2)C2C(=O)N(c3ccc(OCc4ccccc4)cc3)C(=O)C12. The minimum atomic E-state index is -0.494. The summed E-state index contributed by atoms with van der Waals surface area (Å²) in [4.78, 5) is 33.7. The van der Waals surface area contributed by atoms with Crippen LogP contribution in [0.4, 0.5) is 5.69 Å². The first-order chi connectivity index (χ1) is 17.6. The molecule has 4 unspecified atom stereocenters. The molecule has 1 aliphatic carbocycles. The summed E-state index contributed by atoms with van der Waals surface area (Å²) < 4.78 is 5.90. The Hall–Kier alpha value is -4.25. The molecule has 36 heavy (non-hydrogen) atoms. The van der Waals surface area contributed by atoms with Gasteiger partial charge in [0.2, 0.25) is 11.8 Å². The molecule has 4 aromatic rings.